The molecule has 2 rings (SSSR count). The number of hydrogen-bond donors (Lipinski definition) is 3. The van der Waals surface area contributed by atoms with Gasteiger partial charge < -0.3 is 10.7 Å². The molecule has 0 unspecified atom stereocenters. The smallest absolute Gasteiger partial charge is 0.304 e. The molecule has 9 heteroatoms. The summed E-state index contributed by atoms with van der Waals surface area (Å²) in [5, 5.41) is 1.49. The van der Waals surface area contributed by atoms with E-state index in [2.05, 4.69) is 9.71 Å². The predicted octanol–water partition coefficient (Wildman–Crippen LogP) is 0.945. The maximum Gasteiger partial charge on any atom is 0.304 e. The number of H-pyrrole nitrogens is 1. The van der Waals surface area contributed by atoms with Crippen LogP contribution in [0.5, 0.6) is 0 Å². The number of sulfonamides is 1. The standard InChI is InChI=1S/C11H12FN3O3S2/c1-6-2-7(13)3-9(10(6)12)20(17,18)14-4-8-5-19-11(16)15-8/h2-3,5,14H,4,13H2,1H3,(H,15,16). The van der Waals surface area contributed by atoms with Crippen LogP contribution in [0, 0.1) is 12.7 Å². The normalized spacial score (nSPS) is 11.7. The lowest BCUT2D eigenvalue weighted by atomic mass is 10.2. The molecule has 0 fully saturated rings. The van der Waals surface area contributed by atoms with Crippen molar-refractivity contribution < 1.29 is 12.8 Å². The number of thiazole rings is 1. The topological polar surface area (TPSA) is 105 Å². The molecule has 0 saturated heterocycles. The van der Waals surface area contributed by atoms with Crippen LogP contribution < -0.4 is 15.3 Å². The van der Waals surface area contributed by atoms with Crippen molar-refractivity contribution in [2.45, 2.75) is 18.4 Å². The lowest BCUT2D eigenvalue weighted by Gasteiger charge is -2.09. The van der Waals surface area contributed by atoms with E-state index in [1.807, 2.05) is 0 Å². The number of nitrogens with two attached hydrogens (primary N) is 1. The Kier molecular flexibility index (Phi) is 3.93. The van der Waals surface area contributed by atoms with Gasteiger partial charge in [0, 0.05) is 16.8 Å². The molecular weight excluding hydrogens is 305 g/mol. The van der Waals surface area contributed by atoms with E-state index in [9.17, 15) is 17.6 Å². The fourth-order valence-corrected chi connectivity index (χ4v) is 3.38. The van der Waals surface area contributed by atoms with Crippen molar-refractivity contribution in [1.29, 1.82) is 0 Å². The van der Waals surface area contributed by atoms with Crippen LogP contribution in [-0.4, -0.2) is 13.4 Å². The minimum Gasteiger partial charge on any atom is -0.399 e. The molecule has 0 spiro atoms. The van der Waals surface area contributed by atoms with E-state index in [1.54, 1.807) is 0 Å². The summed E-state index contributed by atoms with van der Waals surface area (Å²) in [5.41, 5.74) is 6.25. The van der Waals surface area contributed by atoms with Crippen LogP contribution >= 0.6 is 11.3 Å². The summed E-state index contributed by atoms with van der Waals surface area (Å²) in [6, 6.07) is 2.41. The highest BCUT2D eigenvalue weighted by Gasteiger charge is 2.21. The summed E-state index contributed by atoms with van der Waals surface area (Å²) < 4.78 is 40.2. The summed E-state index contributed by atoms with van der Waals surface area (Å²) in [6.45, 7) is 1.30. The average molecular weight is 317 g/mol. The number of aromatic nitrogens is 1. The van der Waals surface area contributed by atoms with Crippen molar-refractivity contribution in [3.05, 3.63) is 44.3 Å². The van der Waals surface area contributed by atoms with Crippen LogP contribution in [0.4, 0.5) is 10.1 Å². The first-order chi connectivity index (χ1) is 9.29. The molecule has 0 aliphatic heterocycles. The Morgan fingerprint density at radius 1 is 1.45 bits per heavy atom. The minimum atomic E-state index is -4.05. The predicted molar refractivity (Wildman–Crippen MR) is 74.5 cm³/mol. The summed E-state index contributed by atoms with van der Waals surface area (Å²) in [4.78, 5) is 12.6. The molecule has 0 radical (unpaired) electrons. The Balaban J connectivity index is 2.29. The van der Waals surface area contributed by atoms with E-state index in [4.69, 9.17) is 5.73 Å². The number of nitrogens with one attached hydrogen (secondary N) is 2. The molecule has 1 heterocycles. The first-order valence-corrected chi connectivity index (χ1v) is 7.88. The van der Waals surface area contributed by atoms with Crippen LogP contribution in [0.15, 0.2) is 27.2 Å². The Labute approximate surface area is 118 Å². The molecule has 0 saturated carbocycles. The average Bonchev–Trinajstić information content (AvgIpc) is 2.77. The van der Waals surface area contributed by atoms with E-state index in [-0.39, 0.29) is 22.7 Å². The van der Waals surface area contributed by atoms with E-state index >= 15 is 0 Å². The molecule has 0 atom stereocenters. The number of aromatic amines is 1. The molecule has 1 aromatic carbocycles. The molecule has 0 aliphatic carbocycles. The van der Waals surface area contributed by atoms with E-state index < -0.39 is 20.7 Å². The number of rotatable bonds is 4. The van der Waals surface area contributed by atoms with Gasteiger partial charge in [-0.2, -0.15) is 0 Å². The van der Waals surface area contributed by atoms with Crippen LogP contribution in [0.2, 0.25) is 0 Å². The van der Waals surface area contributed by atoms with Crippen molar-refractivity contribution in [3.63, 3.8) is 0 Å². The van der Waals surface area contributed by atoms with Gasteiger partial charge in [0.05, 0.1) is 6.54 Å². The number of aryl methyl sites for hydroxylation is 1. The molecule has 0 amide bonds. The van der Waals surface area contributed by atoms with Gasteiger partial charge in [-0.1, -0.05) is 11.3 Å². The zero-order chi connectivity index (χ0) is 14.9. The Morgan fingerprint density at radius 3 is 2.75 bits per heavy atom. The van der Waals surface area contributed by atoms with Gasteiger partial charge in [-0.25, -0.2) is 17.5 Å². The van der Waals surface area contributed by atoms with Crippen molar-refractivity contribution in [2.75, 3.05) is 5.73 Å². The van der Waals surface area contributed by atoms with E-state index in [1.165, 1.54) is 18.4 Å². The third-order valence-electron chi connectivity index (χ3n) is 2.56. The largest absolute Gasteiger partial charge is 0.399 e. The van der Waals surface area contributed by atoms with Gasteiger partial charge in [-0.05, 0) is 24.6 Å². The van der Waals surface area contributed by atoms with Crippen LogP contribution in [0.25, 0.3) is 0 Å². The van der Waals surface area contributed by atoms with Gasteiger partial charge >= 0.3 is 4.87 Å². The van der Waals surface area contributed by atoms with Crippen LogP contribution in [-0.2, 0) is 16.6 Å². The van der Waals surface area contributed by atoms with Crippen LogP contribution in [0.3, 0.4) is 0 Å². The number of halogens is 1. The zero-order valence-electron chi connectivity index (χ0n) is 10.4. The highest BCUT2D eigenvalue weighted by Crippen LogP contribution is 2.21. The third-order valence-corrected chi connectivity index (χ3v) is 4.68. The summed E-state index contributed by atoms with van der Waals surface area (Å²) in [5.74, 6) is -0.842. The van der Waals surface area contributed by atoms with Crippen molar-refractivity contribution in [1.82, 2.24) is 9.71 Å². The molecule has 20 heavy (non-hydrogen) atoms. The fraction of sp³-hybridized carbons (Fsp3) is 0.182. The fourth-order valence-electron chi connectivity index (χ4n) is 1.61. The molecule has 0 aliphatic rings. The highest BCUT2D eigenvalue weighted by atomic mass is 32.2. The second-order valence-corrected chi connectivity index (χ2v) is 6.73. The number of benzene rings is 1. The van der Waals surface area contributed by atoms with Gasteiger partial charge in [0.25, 0.3) is 0 Å². The molecular formula is C11H12FN3O3S2. The summed E-state index contributed by atoms with van der Waals surface area (Å²) >= 11 is 0.919. The molecule has 1 aromatic heterocycles. The zero-order valence-corrected chi connectivity index (χ0v) is 12.1. The summed E-state index contributed by atoms with van der Waals surface area (Å²) in [7, 11) is -4.05. The van der Waals surface area contributed by atoms with Gasteiger partial charge in [0.15, 0.2) is 0 Å². The van der Waals surface area contributed by atoms with Crippen molar-refractivity contribution in [3.8, 4) is 0 Å². The van der Waals surface area contributed by atoms with Gasteiger partial charge in [-0.3, -0.25) is 4.79 Å². The second kappa shape index (κ2) is 5.35. The lowest BCUT2D eigenvalue weighted by molar-refractivity contribution is 0.552. The number of hydrogen-bond acceptors (Lipinski definition) is 5. The quantitative estimate of drug-likeness (QED) is 0.730. The second-order valence-electron chi connectivity index (χ2n) is 4.15. The minimum absolute atomic E-state index is 0.131. The Bertz CT molecular complexity index is 795. The first kappa shape index (κ1) is 14.7. The maximum atomic E-state index is 13.9. The highest BCUT2D eigenvalue weighted by molar-refractivity contribution is 7.89. The molecule has 6 nitrogen and oxygen atoms in total. The summed E-state index contributed by atoms with van der Waals surface area (Å²) in [6.07, 6.45) is 0. The third kappa shape index (κ3) is 3.06. The molecule has 2 aromatic rings. The number of anilines is 1. The number of nitrogen functional groups attached to an aromatic ring is 1. The lowest BCUT2D eigenvalue weighted by Crippen LogP contribution is -2.25. The SMILES string of the molecule is Cc1cc(N)cc(S(=O)(=O)NCc2csc(=O)[nH]2)c1F. The van der Waals surface area contributed by atoms with Crippen molar-refractivity contribution >= 4 is 27.0 Å². The maximum absolute atomic E-state index is 13.9. The van der Waals surface area contributed by atoms with Crippen LogP contribution in [0.1, 0.15) is 11.3 Å². The van der Waals surface area contributed by atoms with Gasteiger partial charge in [-0.15, -0.1) is 0 Å². The Hall–Kier alpha value is -1.71. The van der Waals surface area contributed by atoms with Gasteiger partial charge in [0.1, 0.15) is 10.7 Å². The Morgan fingerprint density at radius 2 is 2.15 bits per heavy atom. The molecule has 0 bridgehead atoms. The van der Waals surface area contributed by atoms with E-state index in [0.29, 0.717) is 5.69 Å². The molecule has 4 N–H and O–H groups in total. The van der Waals surface area contributed by atoms with Gasteiger partial charge in [0.2, 0.25) is 10.0 Å². The monoisotopic (exact) mass is 317 g/mol. The van der Waals surface area contributed by atoms with E-state index in [0.717, 1.165) is 17.4 Å². The molecule has 108 valence electrons. The van der Waals surface area contributed by atoms with Crippen molar-refractivity contribution in [2.24, 2.45) is 0 Å². The first-order valence-electron chi connectivity index (χ1n) is 5.51.